The average molecular weight is 373 g/mol. The maximum atomic E-state index is 12.8. The summed E-state index contributed by atoms with van der Waals surface area (Å²) in [5.74, 6) is 0.0787. The molecule has 27 heavy (non-hydrogen) atoms. The van der Waals surface area contributed by atoms with Gasteiger partial charge in [0.2, 0.25) is 11.8 Å². The van der Waals surface area contributed by atoms with Crippen LogP contribution in [0.1, 0.15) is 44.2 Å². The molecule has 6 heteroatoms. The molecule has 0 unspecified atom stereocenters. The van der Waals surface area contributed by atoms with E-state index in [9.17, 15) is 9.59 Å². The van der Waals surface area contributed by atoms with Crippen LogP contribution in [-0.2, 0) is 27.3 Å². The van der Waals surface area contributed by atoms with Gasteiger partial charge >= 0.3 is 0 Å². The molecule has 2 amide bonds. The fourth-order valence-corrected chi connectivity index (χ4v) is 3.76. The van der Waals surface area contributed by atoms with Crippen molar-refractivity contribution in [1.29, 1.82) is 0 Å². The topological polar surface area (TPSA) is 79.5 Å². The summed E-state index contributed by atoms with van der Waals surface area (Å²) in [5, 5.41) is 9.21. The summed E-state index contributed by atoms with van der Waals surface area (Å²) in [5.41, 5.74) is 2.43. The Bertz CT molecular complexity index is 656. The second kappa shape index (κ2) is 9.33. The molecular formula is C21H31N3O3. The van der Waals surface area contributed by atoms with E-state index in [4.69, 9.17) is 4.74 Å². The summed E-state index contributed by atoms with van der Waals surface area (Å²) in [6.45, 7) is 6.07. The zero-order valence-electron chi connectivity index (χ0n) is 16.3. The van der Waals surface area contributed by atoms with E-state index in [-0.39, 0.29) is 24.0 Å². The number of ether oxygens (including phenoxy) is 1. The van der Waals surface area contributed by atoms with E-state index in [1.807, 2.05) is 12.1 Å². The first-order valence-electron chi connectivity index (χ1n) is 10.0. The van der Waals surface area contributed by atoms with E-state index in [0.29, 0.717) is 31.8 Å². The molecule has 148 valence electrons. The largest absolute Gasteiger partial charge is 0.376 e. The van der Waals surface area contributed by atoms with Crippen LogP contribution < -0.4 is 16.0 Å². The predicted octanol–water partition coefficient (Wildman–Crippen LogP) is 1.53. The summed E-state index contributed by atoms with van der Waals surface area (Å²) in [4.78, 5) is 25.4. The summed E-state index contributed by atoms with van der Waals surface area (Å²) < 4.78 is 5.56. The van der Waals surface area contributed by atoms with Gasteiger partial charge in [0.25, 0.3) is 0 Å². The van der Waals surface area contributed by atoms with Crippen molar-refractivity contribution < 1.29 is 14.3 Å². The van der Waals surface area contributed by atoms with E-state index >= 15 is 0 Å². The van der Waals surface area contributed by atoms with Crippen LogP contribution in [0.3, 0.4) is 0 Å². The number of hydrogen-bond acceptors (Lipinski definition) is 4. The van der Waals surface area contributed by atoms with Gasteiger partial charge < -0.3 is 20.7 Å². The summed E-state index contributed by atoms with van der Waals surface area (Å²) >= 11 is 0. The highest BCUT2D eigenvalue weighted by Crippen LogP contribution is 2.17. The van der Waals surface area contributed by atoms with Crippen molar-refractivity contribution in [1.82, 2.24) is 16.0 Å². The van der Waals surface area contributed by atoms with Gasteiger partial charge in [-0.05, 0) is 42.7 Å². The second-order valence-corrected chi connectivity index (χ2v) is 7.98. The molecule has 6 nitrogen and oxygen atoms in total. The maximum Gasteiger partial charge on any atom is 0.242 e. The molecule has 2 aliphatic heterocycles. The molecule has 3 rings (SSSR count). The van der Waals surface area contributed by atoms with Crippen LogP contribution in [0.15, 0.2) is 24.3 Å². The third kappa shape index (κ3) is 5.53. The van der Waals surface area contributed by atoms with Crippen LogP contribution in [0.2, 0.25) is 0 Å². The minimum Gasteiger partial charge on any atom is -0.376 e. The lowest BCUT2D eigenvalue weighted by molar-refractivity contribution is -0.130. The Kier molecular flexibility index (Phi) is 6.85. The number of carbonyl (C=O) groups is 2. The van der Waals surface area contributed by atoms with Crippen molar-refractivity contribution in [3.8, 4) is 0 Å². The van der Waals surface area contributed by atoms with E-state index in [0.717, 1.165) is 19.4 Å². The lowest BCUT2D eigenvalue weighted by Crippen LogP contribution is -2.55. The Morgan fingerprint density at radius 1 is 1.26 bits per heavy atom. The first kappa shape index (κ1) is 19.8. The first-order chi connectivity index (χ1) is 13.0. The molecule has 0 saturated carbocycles. The Balaban J connectivity index is 1.56. The number of benzene rings is 1. The maximum absolute atomic E-state index is 12.8. The van der Waals surface area contributed by atoms with Gasteiger partial charge in [-0.1, -0.05) is 38.1 Å². The van der Waals surface area contributed by atoms with Crippen molar-refractivity contribution in [3.05, 3.63) is 35.4 Å². The number of fused-ring (bicyclic) bond motifs is 1. The summed E-state index contributed by atoms with van der Waals surface area (Å²) in [6, 6.07) is 7.34. The normalized spacial score (nSPS) is 22.9. The van der Waals surface area contributed by atoms with Gasteiger partial charge in [0, 0.05) is 19.7 Å². The highest BCUT2D eigenvalue weighted by Gasteiger charge is 2.29. The minimum atomic E-state index is -0.516. The monoisotopic (exact) mass is 373 g/mol. The van der Waals surface area contributed by atoms with Gasteiger partial charge in [-0.2, -0.15) is 0 Å². The third-order valence-electron chi connectivity index (χ3n) is 5.27. The van der Waals surface area contributed by atoms with Crippen molar-refractivity contribution >= 4 is 11.8 Å². The molecule has 0 spiro atoms. The summed E-state index contributed by atoms with van der Waals surface area (Å²) in [7, 11) is 0. The number of amides is 2. The molecule has 3 atom stereocenters. The summed E-state index contributed by atoms with van der Waals surface area (Å²) in [6.07, 6.45) is 3.38. The van der Waals surface area contributed by atoms with Crippen LogP contribution in [-0.4, -0.2) is 43.2 Å². The van der Waals surface area contributed by atoms with Crippen molar-refractivity contribution in [3.63, 3.8) is 0 Å². The van der Waals surface area contributed by atoms with Gasteiger partial charge in [-0.15, -0.1) is 0 Å². The molecular weight excluding hydrogens is 342 g/mol. The van der Waals surface area contributed by atoms with Gasteiger partial charge in [-0.3, -0.25) is 9.59 Å². The SMILES string of the molecule is CC(C)C[C@H](NC(=O)[C@H]1Cc2ccccc2CN1)C(=O)NC[C@@H]1CCCO1. The van der Waals surface area contributed by atoms with E-state index in [1.54, 1.807) is 0 Å². The highest BCUT2D eigenvalue weighted by molar-refractivity contribution is 5.90. The molecule has 0 bridgehead atoms. The lowest BCUT2D eigenvalue weighted by Gasteiger charge is -2.28. The van der Waals surface area contributed by atoms with Crippen LogP contribution in [0, 0.1) is 5.92 Å². The molecule has 0 aromatic heterocycles. The predicted molar refractivity (Wildman–Crippen MR) is 104 cm³/mol. The quantitative estimate of drug-likeness (QED) is 0.677. The molecule has 1 fully saturated rings. The average Bonchev–Trinajstić information content (AvgIpc) is 3.18. The Morgan fingerprint density at radius 3 is 2.74 bits per heavy atom. The zero-order chi connectivity index (χ0) is 19.2. The molecule has 0 aliphatic carbocycles. The van der Waals surface area contributed by atoms with Crippen molar-refractivity contribution in [2.75, 3.05) is 13.2 Å². The van der Waals surface area contributed by atoms with Gasteiger partial charge in [-0.25, -0.2) is 0 Å². The van der Waals surface area contributed by atoms with Crippen LogP contribution >= 0.6 is 0 Å². The fraction of sp³-hybridized carbons (Fsp3) is 0.619. The van der Waals surface area contributed by atoms with Crippen LogP contribution in [0.4, 0.5) is 0 Å². The smallest absolute Gasteiger partial charge is 0.242 e. The lowest BCUT2D eigenvalue weighted by atomic mass is 9.95. The van der Waals surface area contributed by atoms with Gasteiger partial charge in [0.15, 0.2) is 0 Å². The molecule has 3 N–H and O–H groups in total. The van der Waals surface area contributed by atoms with Crippen LogP contribution in [0.25, 0.3) is 0 Å². The number of rotatable bonds is 7. The molecule has 0 radical (unpaired) electrons. The van der Waals surface area contributed by atoms with E-state index < -0.39 is 6.04 Å². The number of nitrogens with one attached hydrogen (secondary N) is 3. The second-order valence-electron chi connectivity index (χ2n) is 7.98. The van der Waals surface area contributed by atoms with Crippen LogP contribution in [0.5, 0.6) is 0 Å². The number of hydrogen-bond donors (Lipinski definition) is 3. The van der Waals surface area contributed by atoms with Gasteiger partial charge in [0.1, 0.15) is 6.04 Å². The third-order valence-corrected chi connectivity index (χ3v) is 5.27. The van der Waals surface area contributed by atoms with Crippen molar-refractivity contribution in [2.45, 2.75) is 64.3 Å². The Morgan fingerprint density at radius 2 is 2.04 bits per heavy atom. The van der Waals surface area contributed by atoms with Crippen molar-refractivity contribution in [2.24, 2.45) is 5.92 Å². The molecule has 1 aromatic carbocycles. The number of carbonyl (C=O) groups excluding carboxylic acids is 2. The molecule has 2 aliphatic rings. The molecule has 1 aromatic rings. The minimum absolute atomic E-state index is 0.0980. The van der Waals surface area contributed by atoms with E-state index in [1.165, 1.54) is 11.1 Å². The molecule has 1 saturated heterocycles. The zero-order valence-corrected chi connectivity index (χ0v) is 16.3. The Labute approximate surface area is 161 Å². The first-order valence-corrected chi connectivity index (χ1v) is 10.0. The van der Waals surface area contributed by atoms with Gasteiger partial charge in [0.05, 0.1) is 12.1 Å². The molecule has 2 heterocycles. The Hall–Kier alpha value is -1.92. The highest BCUT2D eigenvalue weighted by atomic mass is 16.5. The van der Waals surface area contributed by atoms with E-state index in [2.05, 4.69) is 41.9 Å². The fourth-order valence-electron chi connectivity index (χ4n) is 3.76. The standard InChI is InChI=1S/C21H31N3O3/c1-14(2)10-19(20(25)23-13-17-8-5-9-27-17)24-21(26)18-11-15-6-3-4-7-16(15)12-22-18/h3-4,6-7,14,17-19,22H,5,8-13H2,1-2H3,(H,23,25)(H,24,26)/t17-,18+,19-/m0/s1.